The molecule has 0 fully saturated rings. The third-order valence-electron chi connectivity index (χ3n) is 10.4. The summed E-state index contributed by atoms with van der Waals surface area (Å²) in [6.45, 7) is 6.23. The first-order valence-corrected chi connectivity index (χ1v) is 20.5. The number of hydrogen-bond acceptors (Lipinski definition) is 6. The van der Waals surface area contributed by atoms with Gasteiger partial charge >= 0.3 is 24.5 Å². The molecule has 1 unspecified atom stereocenters. The summed E-state index contributed by atoms with van der Waals surface area (Å²) in [5, 5.41) is 8.61. The second kappa shape index (κ2) is 16.1. The van der Waals surface area contributed by atoms with Crippen molar-refractivity contribution in [1.29, 1.82) is 0 Å². The summed E-state index contributed by atoms with van der Waals surface area (Å²) in [5.41, 5.74) is -7.82. The second-order valence-corrected chi connectivity index (χ2v) is 17.8. The molecule has 0 saturated carbocycles. The Hall–Kier alpha value is -5.43. The normalized spacial score (nSPS) is 15.4. The first kappa shape index (κ1) is 45.1. The van der Waals surface area contributed by atoms with Gasteiger partial charge in [0.25, 0.3) is 10.0 Å². The number of aromatic nitrogens is 1. The van der Waals surface area contributed by atoms with Crippen molar-refractivity contribution in [2.45, 2.75) is 63.6 Å². The average molecular weight is 901 g/mol. The van der Waals surface area contributed by atoms with E-state index in [0.717, 1.165) is 55.3 Å². The summed E-state index contributed by atoms with van der Waals surface area (Å²) in [6.07, 6.45) is -11.7. The Morgan fingerprint density at radius 2 is 1.30 bits per heavy atom. The molecule has 2 N–H and O–H groups in total. The molecule has 7 nitrogen and oxygen atoms in total. The van der Waals surface area contributed by atoms with Crippen LogP contribution in [-0.2, 0) is 28.6 Å². The van der Waals surface area contributed by atoms with Gasteiger partial charge in [0.1, 0.15) is 16.6 Å². The Labute approximate surface area is 346 Å². The van der Waals surface area contributed by atoms with E-state index in [4.69, 9.17) is 9.84 Å². The molecular weight excluding hydrogens is 867 g/mol. The summed E-state index contributed by atoms with van der Waals surface area (Å²) in [5.74, 6) is -3.13. The van der Waals surface area contributed by atoms with Crippen LogP contribution in [0.4, 0.5) is 49.6 Å². The number of nitrogens with one attached hydrogen (secondary N) is 1. The number of methoxy groups -OCH3 is 1. The van der Waals surface area contributed by atoms with Crippen LogP contribution in [0, 0.1) is 17.2 Å². The van der Waals surface area contributed by atoms with Gasteiger partial charge in [-0.1, -0.05) is 63.2 Å². The van der Waals surface area contributed by atoms with Gasteiger partial charge in [0, 0.05) is 17.0 Å². The highest BCUT2D eigenvalue weighted by molar-refractivity contribution is 7.92. The minimum atomic E-state index is -5.25. The van der Waals surface area contributed by atoms with Crippen molar-refractivity contribution in [2.24, 2.45) is 11.3 Å². The number of thiazole rings is 1. The number of anilines is 1. The van der Waals surface area contributed by atoms with Gasteiger partial charge < -0.3 is 9.84 Å². The van der Waals surface area contributed by atoms with Crippen LogP contribution < -0.4 is 9.46 Å². The van der Waals surface area contributed by atoms with Gasteiger partial charge in [0.05, 0.1) is 35.1 Å². The van der Waals surface area contributed by atoms with Gasteiger partial charge in [0.2, 0.25) is 0 Å². The van der Waals surface area contributed by atoms with Crippen LogP contribution >= 0.6 is 11.3 Å². The van der Waals surface area contributed by atoms with Crippen molar-refractivity contribution < 1.29 is 67.0 Å². The molecular formula is C42H34F10N2O5S2. The Morgan fingerprint density at radius 3 is 1.77 bits per heavy atom. The molecule has 0 saturated heterocycles. The van der Waals surface area contributed by atoms with Crippen molar-refractivity contribution >= 4 is 38.6 Å². The van der Waals surface area contributed by atoms with E-state index in [1.54, 1.807) is 0 Å². The number of aromatic carboxylic acids is 1. The van der Waals surface area contributed by atoms with Gasteiger partial charge in [0.15, 0.2) is 5.03 Å². The van der Waals surface area contributed by atoms with Crippen LogP contribution in [0.15, 0.2) is 83.2 Å². The number of carboxylic acid groups (broad SMARTS) is 1. The first-order chi connectivity index (χ1) is 28.2. The fourth-order valence-corrected chi connectivity index (χ4v) is 9.31. The summed E-state index contributed by atoms with van der Waals surface area (Å²) >= 11 is 0.424. The number of sulfonamides is 1. The predicted octanol–water partition coefficient (Wildman–Crippen LogP) is 13.1. The van der Waals surface area contributed by atoms with Crippen LogP contribution in [0.25, 0.3) is 38.4 Å². The highest BCUT2D eigenvalue weighted by Gasteiger charge is 2.39. The number of halogens is 10. The Kier molecular flexibility index (Phi) is 11.9. The van der Waals surface area contributed by atoms with Crippen molar-refractivity contribution in [1.82, 2.24) is 4.98 Å². The van der Waals surface area contributed by atoms with E-state index in [1.165, 1.54) is 6.07 Å². The largest absolute Gasteiger partial charge is 0.495 e. The van der Waals surface area contributed by atoms with Gasteiger partial charge in [-0.15, -0.1) is 11.3 Å². The Morgan fingerprint density at radius 1 is 0.787 bits per heavy atom. The molecule has 0 amide bonds. The quantitative estimate of drug-likeness (QED) is 0.143. The lowest BCUT2D eigenvalue weighted by Gasteiger charge is -2.33. The molecule has 1 aliphatic rings. The van der Waals surface area contributed by atoms with Crippen molar-refractivity contribution in [3.63, 3.8) is 0 Å². The molecule has 19 heteroatoms. The number of alkyl halides is 9. The zero-order chi connectivity index (χ0) is 45.0. The van der Waals surface area contributed by atoms with Crippen molar-refractivity contribution in [3.8, 4) is 38.6 Å². The van der Waals surface area contributed by atoms with Gasteiger partial charge in [-0.3, -0.25) is 4.72 Å². The summed E-state index contributed by atoms with van der Waals surface area (Å²) < 4.78 is 179. The molecule has 1 aliphatic carbocycles. The maximum Gasteiger partial charge on any atom is 0.417 e. The molecule has 6 rings (SSSR count). The third-order valence-corrected chi connectivity index (χ3v) is 12.6. The van der Waals surface area contributed by atoms with E-state index < -0.39 is 112 Å². The SMILES string of the molecule is COc1cc(C(=O)O)c(F)cc1NS(=O)(=O)c1csc(-c2ccc(-c3ccc(-c4ccc(C5=CCC(C(C)(C)C)CC5)cc4C(F)(F)F)cc3C(F)(F)F)cc2C(F)(F)F)n1. The highest BCUT2D eigenvalue weighted by atomic mass is 32.2. The number of benzene rings is 4. The Balaban J connectivity index is 1.37. The van der Waals surface area contributed by atoms with Gasteiger partial charge in [-0.25, -0.2) is 14.2 Å². The molecule has 0 spiro atoms. The lowest BCUT2D eigenvalue weighted by Crippen LogP contribution is -2.22. The fraction of sp³-hybridized carbons (Fsp3) is 0.286. The molecule has 0 bridgehead atoms. The van der Waals surface area contributed by atoms with E-state index in [1.807, 2.05) is 10.8 Å². The lowest BCUT2D eigenvalue weighted by molar-refractivity contribution is -0.137. The number of nitrogens with zero attached hydrogens (tertiary/aromatic N) is 1. The monoisotopic (exact) mass is 900 g/mol. The smallest absolute Gasteiger partial charge is 0.417 e. The number of carboxylic acids is 1. The van der Waals surface area contributed by atoms with Crippen LogP contribution in [0.3, 0.4) is 0 Å². The Bertz CT molecular complexity index is 2660. The molecule has 0 aliphatic heterocycles. The topological polar surface area (TPSA) is 106 Å². The first-order valence-electron chi connectivity index (χ1n) is 18.1. The zero-order valence-corrected chi connectivity index (χ0v) is 34.0. The number of allylic oxidation sites excluding steroid dienone is 2. The molecule has 0 radical (unpaired) electrons. The third kappa shape index (κ3) is 9.56. The van der Waals surface area contributed by atoms with Crippen LogP contribution in [0.5, 0.6) is 5.75 Å². The van der Waals surface area contributed by atoms with E-state index in [0.29, 0.717) is 59.9 Å². The van der Waals surface area contributed by atoms with Crippen molar-refractivity contribution in [2.75, 3.05) is 11.8 Å². The number of hydrogen-bond donors (Lipinski definition) is 2. The van der Waals surface area contributed by atoms with Gasteiger partial charge in [-0.05, 0) is 88.3 Å². The standard InChI is InChI=1S/C42H34F10N2O5S2/c1-39(2,3)25-10-5-21(6-11-25)22-7-12-26(30(15-22)40(44,45)46)23-8-13-27(31(16-23)41(47,48)49)24-9-14-28(32(17-24)42(50,51)52)37-53-36(20-60-37)61(57,58)54-34-19-33(43)29(38(55)56)18-35(34)59-4/h5,7-9,12-20,25,54H,6,10-11H2,1-4H3,(H,55,56). The lowest BCUT2D eigenvalue weighted by atomic mass is 9.72. The van der Waals surface area contributed by atoms with Crippen molar-refractivity contribution in [3.05, 3.63) is 112 Å². The molecule has 324 valence electrons. The summed E-state index contributed by atoms with van der Waals surface area (Å²) in [7, 11) is -3.75. The molecule has 1 aromatic heterocycles. The molecule has 5 aromatic rings. The van der Waals surface area contributed by atoms with E-state index in [9.17, 15) is 57.1 Å². The second-order valence-electron chi connectivity index (χ2n) is 15.3. The minimum Gasteiger partial charge on any atom is -0.495 e. The van der Waals surface area contributed by atoms with E-state index in [-0.39, 0.29) is 11.0 Å². The molecule has 61 heavy (non-hydrogen) atoms. The maximum absolute atomic E-state index is 14.7. The highest BCUT2D eigenvalue weighted by Crippen LogP contribution is 2.47. The van der Waals surface area contributed by atoms with E-state index in [2.05, 4.69) is 25.8 Å². The zero-order valence-electron chi connectivity index (χ0n) is 32.3. The number of ether oxygens (including phenoxy) is 1. The van der Waals surface area contributed by atoms with Crippen LogP contribution in [-0.4, -0.2) is 31.6 Å². The van der Waals surface area contributed by atoms with E-state index >= 15 is 0 Å². The molecule has 1 atom stereocenters. The van der Waals surface area contributed by atoms with Crippen LogP contribution in [0.1, 0.15) is 72.6 Å². The fourth-order valence-electron chi connectivity index (χ4n) is 7.11. The molecule has 1 heterocycles. The number of rotatable bonds is 9. The summed E-state index contributed by atoms with van der Waals surface area (Å²) in [4.78, 5) is 15.1. The summed E-state index contributed by atoms with van der Waals surface area (Å²) in [6, 6.07) is 8.88. The minimum absolute atomic E-state index is 0.0141. The maximum atomic E-state index is 14.7. The molecule has 4 aromatic carbocycles. The number of carbonyl (C=O) groups is 1. The average Bonchev–Trinajstić information content (AvgIpc) is 3.67. The van der Waals surface area contributed by atoms with Crippen LogP contribution in [0.2, 0.25) is 0 Å². The van der Waals surface area contributed by atoms with Gasteiger partial charge in [-0.2, -0.15) is 47.9 Å². The predicted molar refractivity (Wildman–Crippen MR) is 209 cm³/mol.